The van der Waals surface area contributed by atoms with E-state index < -0.39 is 27.7 Å². The second kappa shape index (κ2) is 12.9. The van der Waals surface area contributed by atoms with Gasteiger partial charge in [-0.2, -0.15) is 13.2 Å². The number of nitrogens with zero attached hydrogens (tertiary/aromatic N) is 1. The van der Waals surface area contributed by atoms with Crippen molar-refractivity contribution in [2.45, 2.75) is 38.4 Å². The number of halogens is 3. The summed E-state index contributed by atoms with van der Waals surface area (Å²) in [5, 5.41) is 8.77. The minimum Gasteiger partial charge on any atom is -0.494 e. The number of rotatable bonds is 12. The molecule has 0 spiro atoms. The topological polar surface area (TPSA) is 93.1 Å². The normalized spacial score (nSPS) is 12.1. The van der Waals surface area contributed by atoms with Gasteiger partial charge in [-0.25, -0.2) is 13.2 Å². The van der Waals surface area contributed by atoms with Gasteiger partial charge in [-0.1, -0.05) is 38.1 Å². The summed E-state index contributed by atoms with van der Waals surface area (Å²) in [7, 11) is -4.19. The van der Waals surface area contributed by atoms with Crippen LogP contribution >= 0.6 is 0 Å². The fourth-order valence-electron chi connectivity index (χ4n) is 3.73. The fourth-order valence-corrected chi connectivity index (χ4v) is 5.36. The number of carboxylic acids is 1. The average Bonchev–Trinajstić information content (AvgIpc) is 2.89. The van der Waals surface area contributed by atoms with Crippen LogP contribution in [-0.4, -0.2) is 32.6 Å². The molecule has 3 aromatic carbocycles. The van der Waals surface area contributed by atoms with Gasteiger partial charge in [0.1, 0.15) is 18.1 Å². The summed E-state index contributed by atoms with van der Waals surface area (Å²) in [6, 6.07) is 15.1. The summed E-state index contributed by atoms with van der Waals surface area (Å²) < 4.78 is 80.6. The molecule has 40 heavy (non-hydrogen) atoms. The highest BCUT2D eigenvalue weighted by Crippen LogP contribution is 2.39. The monoisotopic (exact) mass is 577 g/mol. The summed E-state index contributed by atoms with van der Waals surface area (Å²) in [4.78, 5) is 10.7. The molecule has 3 aromatic rings. The maximum absolute atomic E-state index is 13.8. The van der Waals surface area contributed by atoms with E-state index >= 15 is 0 Å². The zero-order chi connectivity index (χ0) is 29.5. The molecule has 0 aliphatic rings. The van der Waals surface area contributed by atoms with Gasteiger partial charge in [0.15, 0.2) is 0 Å². The first-order valence-electron chi connectivity index (χ1n) is 12.4. The molecular formula is C29H30F3NO6S. The van der Waals surface area contributed by atoms with E-state index in [-0.39, 0.29) is 35.4 Å². The van der Waals surface area contributed by atoms with E-state index in [1.165, 1.54) is 30.3 Å². The van der Waals surface area contributed by atoms with Crippen molar-refractivity contribution < 1.29 is 41.0 Å². The molecule has 0 heterocycles. The number of anilines is 1. The van der Waals surface area contributed by atoms with Gasteiger partial charge < -0.3 is 14.6 Å². The Morgan fingerprint density at radius 3 is 2.20 bits per heavy atom. The molecule has 0 bridgehead atoms. The molecule has 0 saturated carbocycles. The first-order valence-corrected chi connectivity index (χ1v) is 13.8. The molecule has 0 aromatic heterocycles. The summed E-state index contributed by atoms with van der Waals surface area (Å²) in [6.45, 7) is 5.63. The Hall–Kier alpha value is -3.99. The third-order valence-electron chi connectivity index (χ3n) is 5.60. The van der Waals surface area contributed by atoms with E-state index in [1.54, 1.807) is 45.0 Å². The van der Waals surface area contributed by atoms with Crippen LogP contribution < -0.4 is 13.8 Å². The van der Waals surface area contributed by atoms with Crippen LogP contribution in [-0.2, 0) is 27.6 Å². The first-order chi connectivity index (χ1) is 18.8. The van der Waals surface area contributed by atoms with Crippen LogP contribution in [0.4, 0.5) is 18.9 Å². The molecule has 0 amide bonds. The van der Waals surface area contributed by atoms with Crippen LogP contribution in [0.2, 0.25) is 0 Å². The standard InChI is InChI=1S/C29H30F3NO6S/c1-4-38-24-11-13-25(14-12-24)40(36,37)33(18-20(2)3)26-15-10-23(29(30,31)32)17-27(26)39-19-22-7-5-21(6-8-22)9-16-28(34)35/h5-17,20H,4,18-19H2,1-3H3,(H,34,35)/b16-9+. The van der Waals surface area contributed by atoms with Gasteiger partial charge in [0.05, 0.1) is 22.8 Å². The molecule has 0 aliphatic heterocycles. The van der Waals surface area contributed by atoms with Crippen LogP contribution in [0.3, 0.4) is 0 Å². The van der Waals surface area contributed by atoms with E-state index in [9.17, 15) is 26.4 Å². The number of carbonyl (C=O) groups is 1. The Bertz CT molecular complexity index is 1430. The molecule has 1 N–H and O–H groups in total. The summed E-state index contributed by atoms with van der Waals surface area (Å²) in [5.41, 5.74) is 0.177. The van der Waals surface area contributed by atoms with Gasteiger partial charge in [0.25, 0.3) is 10.0 Å². The van der Waals surface area contributed by atoms with Crippen molar-refractivity contribution in [1.29, 1.82) is 0 Å². The molecule has 214 valence electrons. The highest BCUT2D eigenvalue weighted by Gasteiger charge is 2.34. The number of alkyl halides is 3. The maximum Gasteiger partial charge on any atom is 0.416 e. The molecule has 11 heteroatoms. The van der Waals surface area contributed by atoms with Crippen molar-refractivity contribution in [3.63, 3.8) is 0 Å². The average molecular weight is 578 g/mol. The van der Waals surface area contributed by atoms with Crippen LogP contribution in [0, 0.1) is 5.92 Å². The van der Waals surface area contributed by atoms with Crippen molar-refractivity contribution in [2.24, 2.45) is 5.92 Å². The molecule has 3 rings (SSSR count). The smallest absolute Gasteiger partial charge is 0.416 e. The van der Waals surface area contributed by atoms with Crippen LogP contribution in [0.1, 0.15) is 37.5 Å². The number of hydrogen-bond donors (Lipinski definition) is 1. The minimum atomic E-state index is -4.67. The van der Waals surface area contributed by atoms with Crippen LogP contribution in [0.25, 0.3) is 6.08 Å². The van der Waals surface area contributed by atoms with E-state index in [0.717, 1.165) is 28.6 Å². The zero-order valence-corrected chi connectivity index (χ0v) is 23.0. The first kappa shape index (κ1) is 30.6. The zero-order valence-electron chi connectivity index (χ0n) is 22.2. The highest BCUT2D eigenvalue weighted by molar-refractivity contribution is 7.92. The van der Waals surface area contributed by atoms with E-state index in [1.807, 2.05) is 0 Å². The molecule has 0 fully saturated rings. The largest absolute Gasteiger partial charge is 0.494 e. The van der Waals surface area contributed by atoms with Crippen molar-refractivity contribution in [3.8, 4) is 11.5 Å². The van der Waals surface area contributed by atoms with E-state index in [4.69, 9.17) is 14.6 Å². The molecular weight excluding hydrogens is 547 g/mol. The van der Waals surface area contributed by atoms with Gasteiger partial charge in [0.2, 0.25) is 0 Å². The lowest BCUT2D eigenvalue weighted by molar-refractivity contribution is -0.137. The third-order valence-corrected chi connectivity index (χ3v) is 7.40. The van der Waals surface area contributed by atoms with Crippen molar-refractivity contribution in [1.82, 2.24) is 0 Å². The maximum atomic E-state index is 13.8. The van der Waals surface area contributed by atoms with Crippen LogP contribution in [0.15, 0.2) is 77.7 Å². The number of benzene rings is 3. The predicted octanol–water partition coefficient (Wildman–Crippen LogP) is 6.63. The lowest BCUT2D eigenvalue weighted by Gasteiger charge is -2.28. The summed E-state index contributed by atoms with van der Waals surface area (Å²) >= 11 is 0. The Morgan fingerprint density at radius 2 is 1.65 bits per heavy atom. The molecule has 0 saturated heterocycles. The van der Waals surface area contributed by atoms with Gasteiger partial charge >= 0.3 is 12.1 Å². The number of carboxylic acid groups (broad SMARTS) is 1. The van der Waals surface area contributed by atoms with Crippen molar-refractivity contribution in [2.75, 3.05) is 17.5 Å². The van der Waals surface area contributed by atoms with E-state index in [2.05, 4.69) is 0 Å². The second-order valence-electron chi connectivity index (χ2n) is 9.22. The summed E-state index contributed by atoms with van der Waals surface area (Å²) in [5.74, 6) is -1.03. The third kappa shape index (κ3) is 8.01. The SMILES string of the molecule is CCOc1ccc(S(=O)(=O)N(CC(C)C)c2ccc(C(F)(F)F)cc2OCc2ccc(/C=C/C(=O)O)cc2)cc1. The number of hydrogen-bond acceptors (Lipinski definition) is 5. The fraction of sp³-hybridized carbons (Fsp3) is 0.276. The van der Waals surface area contributed by atoms with Crippen molar-refractivity contribution >= 4 is 27.8 Å². The molecule has 0 radical (unpaired) electrons. The molecule has 0 atom stereocenters. The molecule has 0 aliphatic carbocycles. The Kier molecular flexibility index (Phi) is 9.86. The quantitative estimate of drug-likeness (QED) is 0.243. The van der Waals surface area contributed by atoms with Crippen LogP contribution in [0.5, 0.6) is 11.5 Å². The number of aliphatic carboxylic acids is 1. The van der Waals surface area contributed by atoms with Gasteiger partial charge in [-0.15, -0.1) is 0 Å². The van der Waals surface area contributed by atoms with Crippen molar-refractivity contribution in [3.05, 3.63) is 89.5 Å². The van der Waals surface area contributed by atoms with Gasteiger partial charge in [0, 0.05) is 12.6 Å². The predicted molar refractivity (Wildman–Crippen MR) is 146 cm³/mol. The Balaban J connectivity index is 2.01. The lowest BCUT2D eigenvalue weighted by Crippen LogP contribution is -2.34. The van der Waals surface area contributed by atoms with Gasteiger partial charge in [-0.05, 0) is 72.5 Å². The minimum absolute atomic E-state index is 0.0120. The molecule has 0 unspecified atom stereocenters. The highest BCUT2D eigenvalue weighted by atomic mass is 32.2. The lowest BCUT2D eigenvalue weighted by atomic mass is 10.1. The second-order valence-corrected chi connectivity index (χ2v) is 11.1. The number of ether oxygens (including phenoxy) is 2. The molecule has 7 nitrogen and oxygen atoms in total. The summed E-state index contributed by atoms with van der Waals surface area (Å²) in [6.07, 6.45) is -2.30. The van der Waals surface area contributed by atoms with Gasteiger partial charge in [-0.3, -0.25) is 4.31 Å². The number of sulfonamides is 1. The van der Waals surface area contributed by atoms with E-state index in [0.29, 0.717) is 23.5 Å². The Labute approximate surface area is 231 Å². The Morgan fingerprint density at radius 1 is 1.00 bits per heavy atom.